The van der Waals surface area contributed by atoms with Crippen molar-refractivity contribution in [3.05, 3.63) is 0 Å². The molecule has 1 heterocycles. The standard InChI is InChI=1S/C7H10N2/c8-5-9-4-6-1-2-7(9)3-6/h6-7H,1-4H2. The molecular weight excluding hydrogens is 112 g/mol. The number of hydrogen-bond acceptors (Lipinski definition) is 2. The smallest absolute Gasteiger partial charge is 0.179 e. The fourth-order valence-corrected chi connectivity index (χ4v) is 2.05. The number of fused-ring (bicyclic) bond motifs is 2. The van der Waals surface area contributed by atoms with Crippen LogP contribution >= 0.6 is 0 Å². The topological polar surface area (TPSA) is 27.0 Å². The molecule has 2 heteroatoms. The van der Waals surface area contributed by atoms with Crippen LogP contribution in [-0.2, 0) is 0 Å². The third kappa shape index (κ3) is 0.610. The molecule has 1 aliphatic carbocycles. The highest BCUT2D eigenvalue weighted by Crippen LogP contribution is 2.36. The van der Waals surface area contributed by atoms with Crippen LogP contribution in [0.2, 0.25) is 0 Å². The predicted molar refractivity (Wildman–Crippen MR) is 33.4 cm³/mol. The van der Waals surface area contributed by atoms with Crippen LogP contribution in [0.25, 0.3) is 0 Å². The second-order valence-corrected chi connectivity index (χ2v) is 3.09. The summed E-state index contributed by atoms with van der Waals surface area (Å²) in [6, 6.07) is 0.625. The third-order valence-electron chi connectivity index (χ3n) is 2.54. The van der Waals surface area contributed by atoms with Crippen molar-refractivity contribution in [3.63, 3.8) is 0 Å². The van der Waals surface area contributed by atoms with E-state index in [-0.39, 0.29) is 0 Å². The van der Waals surface area contributed by atoms with Crippen LogP contribution in [0.15, 0.2) is 0 Å². The first-order valence-electron chi connectivity index (χ1n) is 3.56. The Bertz CT molecular complexity index is 159. The number of nitriles is 1. The largest absolute Gasteiger partial charge is 0.307 e. The van der Waals surface area contributed by atoms with Gasteiger partial charge in [-0.05, 0) is 25.2 Å². The number of hydrogen-bond donors (Lipinski definition) is 0. The maximum absolute atomic E-state index is 8.56. The molecule has 2 aliphatic rings. The molecule has 0 aromatic rings. The molecule has 1 saturated heterocycles. The lowest BCUT2D eigenvalue weighted by Gasteiger charge is -2.19. The van der Waals surface area contributed by atoms with Crippen LogP contribution in [0.3, 0.4) is 0 Å². The molecule has 0 aromatic heterocycles. The van der Waals surface area contributed by atoms with Gasteiger partial charge in [-0.2, -0.15) is 5.26 Å². The number of rotatable bonds is 0. The maximum Gasteiger partial charge on any atom is 0.179 e. The highest BCUT2D eigenvalue weighted by atomic mass is 15.2. The summed E-state index contributed by atoms with van der Waals surface area (Å²) in [5.41, 5.74) is 0. The van der Waals surface area contributed by atoms with Crippen LogP contribution < -0.4 is 0 Å². The van der Waals surface area contributed by atoms with Gasteiger partial charge in [0.05, 0.1) is 0 Å². The zero-order valence-corrected chi connectivity index (χ0v) is 5.38. The first kappa shape index (κ1) is 5.10. The van der Waals surface area contributed by atoms with E-state index in [2.05, 4.69) is 6.19 Å². The van der Waals surface area contributed by atoms with E-state index in [0.717, 1.165) is 12.5 Å². The van der Waals surface area contributed by atoms with Gasteiger partial charge in [-0.25, -0.2) is 0 Å². The molecule has 2 bridgehead atoms. The van der Waals surface area contributed by atoms with Crippen molar-refractivity contribution in [1.82, 2.24) is 4.90 Å². The lowest BCUT2D eigenvalue weighted by atomic mass is 10.1. The summed E-state index contributed by atoms with van der Waals surface area (Å²) in [5.74, 6) is 0.856. The van der Waals surface area contributed by atoms with Crippen LogP contribution in [0.5, 0.6) is 0 Å². The Balaban J connectivity index is 2.12. The van der Waals surface area contributed by atoms with Gasteiger partial charge in [-0.3, -0.25) is 0 Å². The minimum absolute atomic E-state index is 0.625. The van der Waals surface area contributed by atoms with Crippen molar-refractivity contribution >= 4 is 0 Å². The van der Waals surface area contributed by atoms with Gasteiger partial charge in [0.25, 0.3) is 0 Å². The van der Waals surface area contributed by atoms with Crippen molar-refractivity contribution < 1.29 is 0 Å². The Hall–Kier alpha value is -0.710. The van der Waals surface area contributed by atoms with E-state index in [1.54, 1.807) is 0 Å². The second-order valence-electron chi connectivity index (χ2n) is 3.09. The van der Waals surface area contributed by atoms with Crippen molar-refractivity contribution in [1.29, 1.82) is 5.26 Å². The lowest BCUT2D eigenvalue weighted by molar-refractivity contribution is 0.307. The zero-order valence-electron chi connectivity index (χ0n) is 5.38. The summed E-state index contributed by atoms with van der Waals surface area (Å²) in [6.07, 6.45) is 6.14. The Labute approximate surface area is 55.1 Å². The van der Waals surface area contributed by atoms with Gasteiger partial charge < -0.3 is 4.90 Å². The first-order chi connectivity index (χ1) is 4.40. The zero-order chi connectivity index (χ0) is 6.27. The highest BCUT2D eigenvalue weighted by Gasteiger charge is 2.37. The van der Waals surface area contributed by atoms with Gasteiger partial charge in [0.1, 0.15) is 0 Å². The van der Waals surface area contributed by atoms with Crippen LogP contribution in [0.1, 0.15) is 19.3 Å². The normalized spacial score (nSPS) is 39.2. The van der Waals surface area contributed by atoms with Crippen LogP contribution in [-0.4, -0.2) is 17.5 Å². The SMILES string of the molecule is N#CN1CC2CCC1C2. The Morgan fingerprint density at radius 1 is 1.44 bits per heavy atom. The Kier molecular flexibility index (Phi) is 0.926. The molecule has 0 spiro atoms. The van der Waals surface area contributed by atoms with E-state index in [0.29, 0.717) is 6.04 Å². The van der Waals surface area contributed by atoms with Crippen molar-refractivity contribution in [2.45, 2.75) is 25.3 Å². The van der Waals surface area contributed by atoms with Crippen molar-refractivity contribution in [2.75, 3.05) is 6.54 Å². The van der Waals surface area contributed by atoms with Crippen LogP contribution in [0.4, 0.5) is 0 Å². The van der Waals surface area contributed by atoms with Crippen LogP contribution in [0, 0.1) is 17.4 Å². The molecule has 9 heavy (non-hydrogen) atoms. The van der Waals surface area contributed by atoms with Crippen molar-refractivity contribution in [3.8, 4) is 6.19 Å². The molecule has 1 saturated carbocycles. The molecule has 2 unspecified atom stereocenters. The van der Waals surface area contributed by atoms with Gasteiger partial charge >= 0.3 is 0 Å². The van der Waals surface area contributed by atoms with Gasteiger partial charge in [0.15, 0.2) is 6.19 Å². The van der Waals surface area contributed by atoms with Gasteiger partial charge in [-0.15, -0.1) is 0 Å². The number of nitrogens with zero attached hydrogens (tertiary/aromatic N) is 2. The van der Waals surface area contributed by atoms with E-state index in [1.807, 2.05) is 4.90 Å². The molecule has 2 nitrogen and oxygen atoms in total. The molecule has 2 fully saturated rings. The molecule has 1 aliphatic heterocycles. The van der Waals surface area contributed by atoms with Gasteiger partial charge in [0.2, 0.25) is 0 Å². The van der Waals surface area contributed by atoms with Gasteiger partial charge in [-0.1, -0.05) is 0 Å². The molecular formula is C7H10N2. The number of likely N-dealkylation sites (tertiary alicyclic amines) is 1. The van der Waals surface area contributed by atoms with E-state index in [4.69, 9.17) is 5.26 Å². The Morgan fingerprint density at radius 2 is 2.33 bits per heavy atom. The molecule has 0 aromatic carbocycles. The maximum atomic E-state index is 8.56. The van der Waals surface area contributed by atoms with Crippen molar-refractivity contribution in [2.24, 2.45) is 5.92 Å². The lowest BCUT2D eigenvalue weighted by Crippen LogP contribution is -2.26. The summed E-state index contributed by atoms with van der Waals surface area (Å²) >= 11 is 0. The third-order valence-corrected chi connectivity index (χ3v) is 2.54. The predicted octanol–water partition coefficient (Wildman–Crippen LogP) is 0.952. The molecule has 48 valence electrons. The fraction of sp³-hybridized carbons (Fsp3) is 0.857. The minimum Gasteiger partial charge on any atom is -0.307 e. The van der Waals surface area contributed by atoms with Gasteiger partial charge in [0, 0.05) is 12.6 Å². The van der Waals surface area contributed by atoms with E-state index in [9.17, 15) is 0 Å². The summed E-state index contributed by atoms with van der Waals surface area (Å²) in [5, 5.41) is 8.56. The molecule has 2 atom stereocenters. The summed E-state index contributed by atoms with van der Waals surface area (Å²) in [7, 11) is 0. The van der Waals surface area contributed by atoms with E-state index >= 15 is 0 Å². The summed E-state index contributed by atoms with van der Waals surface area (Å²) in [4.78, 5) is 1.94. The minimum atomic E-state index is 0.625. The highest BCUT2D eigenvalue weighted by molar-refractivity contribution is 4.97. The monoisotopic (exact) mass is 122 g/mol. The Morgan fingerprint density at radius 3 is 2.67 bits per heavy atom. The molecule has 0 radical (unpaired) electrons. The molecule has 0 amide bonds. The first-order valence-corrected chi connectivity index (χ1v) is 3.56. The quantitative estimate of drug-likeness (QED) is 0.447. The summed E-state index contributed by atoms with van der Waals surface area (Å²) in [6.45, 7) is 1.04. The number of piperidine rings is 1. The summed E-state index contributed by atoms with van der Waals surface area (Å²) < 4.78 is 0. The average molecular weight is 122 g/mol. The van der Waals surface area contributed by atoms with E-state index in [1.165, 1.54) is 19.3 Å². The molecule has 0 N–H and O–H groups in total. The molecule has 2 rings (SSSR count). The second kappa shape index (κ2) is 1.63. The average Bonchev–Trinajstić information content (AvgIpc) is 2.45. The fourth-order valence-electron chi connectivity index (χ4n) is 2.05. The van der Waals surface area contributed by atoms with E-state index < -0.39 is 0 Å².